The van der Waals surface area contributed by atoms with Crippen LogP contribution >= 0.6 is 11.8 Å². The zero-order valence-electron chi connectivity index (χ0n) is 17.6. The molecular weight excluding hydrogens is 400 g/mol. The molecule has 4 unspecified atom stereocenters. The zero-order chi connectivity index (χ0) is 22.7. The molecule has 29 heavy (non-hydrogen) atoms. The molecule has 0 radical (unpaired) electrons. The Balaban J connectivity index is 5.34. The molecule has 168 valence electrons. The van der Waals surface area contributed by atoms with Gasteiger partial charge in [-0.2, -0.15) is 11.8 Å². The van der Waals surface area contributed by atoms with Crippen LogP contribution in [0.1, 0.15) is 34.1 Å². The number of nitrogens with two attached hydrogens (primary N) is 1. The molecule has 0 heterocycles. The van der Waals surface area contributed by atoms with Crippen molar-refractivity contribution < 1.29 is 29.4 Å². The highest BCUT2D eigenvalue weighted by Crippen LogP contribution is 2.08. The van der Waals surface area contributed by atoms with E-state index in [2.05, 4.69) is 16.0 Å². The molecule has 0 aliphatic carbocycles. The SMILES string of the molecule is CSCCC(NC(=O)C(NC(=O)C(N)CO)C(C)C)C(=O)NC(C(=O)O)C(C)C. The van der Waals surface area contributed by atoms with Gasteiger partial charge < -0.3 is 31.9 Å². The van der Waals surface area contributed by atoms with E-state index in [0.717, 1.165) is 0 Å². The van der Waals surface area contributed by atoms with E-state index in [4.69, 9.17) is 10.8 Å². The molecule has 0 rings (SSSR count). The van der Waals surface area contributed by atoms with Crippen molar-refractivity contribution in [2.45, 2.75) is 58.3 Å². The summed E-state index contributed by atoms with van der Waals surface area (Å²) in [5.41, 5.74) is 5.48. The van der Waals surface area contributed by atoms with E-state index in [-0.39, 0.29) is 18.3 Å². The lowest BCUT2D eigenvalue weighted by Gasteiger charge is -2.27. The Morgan fingerprint density at radius 2 is 1.41 bits per heavy atom. The van der Waals surface area contributed by atoms with Crippen molar-refractivity contribution in [2.24, 2.45) is 17.6 Å². The van der Waals surface area contributed by atoms with Crippen LogP contribution in [0.2, 0.25) is 0 Å². The molecule has 7 N–H and O–H groups in total. The van der Waals surface area contributed by atoms with Gasteiger partial charge in [-0.15, -0.1) is 0 Å². The van der Waals surface area contributed by atoms with Gasteiger partial charge in [-0.05, 0) is 30.3 Å². The maximum absolute atomic E-state index is 12.7. The number of amides is 3. The monoisotopic (exact) mass is 434 g/mol. The number of thioether (sulfide) groups is 1. The second-order valence-electron chi connectivity index (χ2n) is 7.43. The van der Waals surface area contributed by atoms with Crippen LogP contribution in [0, 0.1) is 11.8 Å². The quantitative estimate of drug-likeness (QED) is 0.212. The van der Waals surface area contributed by atoms with E-state index in [0.29, 0.717) is 5.75 Å². The van der Waals surface area contributed by atoms with Gasteiger partial charge in [-0.3, -0.25) is 14.4 Å². The van der Waals surface area contributed by atoms with E-state index >= 15 is 0 Å². The first-order chi connectivity index (χ1) is 13.5. The Kier molecular flexibility index (Phi) is 12.5. The van der Waals surface area contributed by atoms with Gasteiger partial charge in [0.15, 0.2) is 0 Å². The first-order valence-corrected chi connectivity index (χ1v) is 10.8. The van der Waals surface area contributed by atoms with Gasteiger partial charge >= 0.3 is 5.97 Å². The van der Waals surface area contributed by atoms with Crippen LogP contribution in [0.3, 0.4) is 0 Å². The Hall–Kier alpha value is -1.85. The van der Waals surface area contributed by atoms with E-state index in [1.807, 2.05) is 6.26 Å². The molecule has 10 nitrogen and oxygen atoms in total. The number of hydrogen-bond acceptors (Lipinski definition) is 7. The Morgan fingerprint density at radius 1 is 0.897 bits per heavy atom. The van der Waals surface area contributed by atoms with Crippen LogP contribution in [-0.4, -0.2) is 76.7 Å². The third-order valence-corrected chi connectivity index (χ3v) is 4.90. The molecular formula is C18H34N4O6S. The van der Waals surface area contributed by atoms with Crippen molar-refractivity contribution in [3.8, 4) is 0 Å². The predicted molar refractivity (Wildman–Crippen MR) is 111 cm³/mol. The summed E-state index contributed by atoms with van der Waals surface area (Å²) >= 11 is 1.48. The fourth-order valence-electron chi connectivity index (χ4n) is 2.41. The maximum Gasteiger partial charge on any atom is 0.326 e. The highest BCUT2D eigenvalue weighted by atomic mass is 32.2. The number of nitrogens with one attached hydrogen (secondary N) is 3. The average Bonchev–Trinajstić information content (AvgIpc) is 2.64. The second-order valence-corrected chi connectivity index (χ2v) is 8.42. The first-order valence-electron chi connectivity index (χ1n) is 9.45. The fraction of sp³-hybridized carbons (Fsp3) is 0.778. The molecule has 3 amide bonds. The summed E-state index contributed by atoms with van der Waals surface area (Å²) in [7, 11) is 0. The number of aliphatic hydroxyl groups excluding tert-OH is 1. The van der Waals surface area contributed by atoms with Crippen molar-refractivity contribution in [2.75, 3.05) is 18.6 Å². The van der Waals surface area contributed by atoms with Crippen LogP contribution < -0.4 is 21.7 Å². The standard InChI is InChI=1S/C18H34N4O6S/c1-9(2)13(21-15(24)11(19)8-23)17(26)20-12(6-7-29-5)16(25)22-14(10(3)4)18(27)28/h9-14,23H,6-8,19H2,1-5H3,(H,20,26)(H,21,24)(H,22,25)(H,27,28). The third kappa shape index (κ3) is 9.46. The highest BCUT2D eigenvalue weighted by molar-refractivity contribution is 7.98. The summed E-state index contributed by atoms with van der Waals surface area (Å²) in [5.74, 6) is -3.12. The molecule has 0 saturated heterocycles. The summed E-state index contributed by atoms with van der Waals surface area (Å²) < 4.78 is 0. The van der Waals surface area contributed by atoms with E-state index in [9.17, 15) is 24.3 Å². The van der Waals surface area contributed by atoms with Crippen molar-refractivity contribution in [1.82, 2.24) is 16.0 Å². The number of aliphatic carboxylic acids is 1. The minimum atomic E-state index is -1.16. The molecule has 0 spiro atoms. The predicted octanol–water partition coefficient (Wildman–Crippen LogP) is -1.09. The number of carboxylic acids is 1. The topological polar surface area (TPSA) is 171 Å². The number of aliphatic hydroxyl groups is 1. The molecule has 0 aliphatic heterocycles. The lowest BCUT2D eigenvalue weighted by Crippen LogP contribution is -2.59. The highest BCUT2D eigenvalue weighted by Gasteiger charge is 2.32. The van der Waals surface area contributed by atoms with E-state index in [1.54, 1.807) is 27.7 Å². The lowest BCUT2D eigenvalue weighted by atomic mass is 10.0. The van der Waals surface area contributed by atoms with Crippen molar-refractivity contribution in [3.63, 3.8) is 0 Å². The normalized spacial score (nSPS) is 15.3. The summed E-state index contributed by atoms with van der Waals surface area (Å²) in [4.78, 5) is 48.7. The minimum absolute atomic E-state index is 0.290. The van der Waals surface area contributed by atoms with Gasteiger partial charge in [0, 0.05) is 0 Å². The Bertz CT molecular complexity index is 573. The Morgan fingerprint density at radius 3 is 1.83 bits per heavy atom. The first kappa shape index (κ1) is 27.1. The largest absolute Gasteiger partial charge is 0.480 e. The van der Waals surface area contributed by atoms with Crippen LogP contribution in [0.15, 0.2) is 0 Å². The van der Waals surface area contributed by atoms with Gasteiger partial charge in [-0.25, -0.2) is 4.79 Å². The van der Waals surface area contributed by atoms with Crippen LogP contribution in [0.25, 0.3) is 0 Å². The maximum atomic E-state index is 12.7. The fourth-order valence-corrected chi connectivity index (χ4v) is 2.88. The number of carbonyl (C=O) groups is 4. The molecule has 0 aromatic heterocycles. The molecule has 0 fully saturated rings. The van der Waals surface area contributed by atoms with Gasteiger partial charge in [0.1, 0.15) is 24.2 Å². The van der Waals surface area contributed by atoms with E-state index in [1.165, 1.54) is 11.8 Å². The van der Waals surface area contributed by atoms with Gasteiger partial charge in [-0.1, -0.05) is 27.7 Å². The van der Waals surface area contributed by atoms with Gasteiger partial charge in [0.25, 0.3) is 0 Å². The van der Waals surface area contributed by atoms with Crippen LogP contribution in [0.5, 0.6) is 0 Å². The van der Waals surface area contributed by atoms with Crippen LogP contribution in [0.4, 0.5) is 0 Å². The van der Waals surface area contributed by atoms with Crippen LogP contribution in [-0.2, 0) is 19.2 Å². The number of hydrogen-bond donors (Lipinski definition) is 6. The molecule has 11 heteroatoms. The Labute approximate surface area is 175 Å². The lowest BCUT2D eigenvalue weighted by molar-refractivity contribution is -0.143. The van der Waals surface area contributed by atoms with Gasteiger partial charge in [0.2, 0.25) is 17.7 Å². The second kappa shape index (κ2) is 13.4. The molecule has 0 aromatic carbocycles. The molecule has 0 bridgehead atoms. The van der Waals surface area contributed by atoms with Crippen molar-refractivity contribution >= 4 is 35.5 Å². The summed E-state index contributed by atoms with van der Waals surface area (Å²) in [5, 5.41) is 25.8. The van der Waals surface area contributed by atoms with Gasteiger partial charge in [0.05, 0.1) is 6.61 Å². The molecule has 0 saturated carbocycles. The summed E-state index contributed by atoms with van der Waals surface area (Å²) in [6, 6.07) is -4.17. The molecule has 0 aromatic rings. The van der Waals surface area contributed by atoms with Crippen molar-refractivity contribution in [1.29, 1.82) is 0 Å². The minimum Gasteiger partial charge on any atom is -0.480 e. The average molecular weight is 435 g/mol. The number of rotatable bonds is 13. The zero-order valence-corrected chi connectivity index (χ0v) is 18.4. The number of carbonyl (C=O) groups excluding carboxylic acids is 3. The number of carboxylic acid groups (broad SMARTS) is 1. The third-order valence-electron chi connectivity index (χ3n) is 4.25. The molecule has 4 atom stereocenters. The smallest absolute Gasteiger partial charge is 0.326 e. The van der Waals surface area contributed by atoms with Crippen molar-refractivity contribution in [3.05, 3.63) is 0 Å². The van der Waals surface area contributed by atoms with E-state index < -0.39 is 54.5 Å². The summed E-state index contributed by atoms with van der Waals surface area (Å²) in [6.07, 6.45) is 2.14. The summed E-state index contributed by atoms with van der Waals surface area (Å²) in [6.45, 7) is 6.20. The molecule has 0 aliphatic rings.